The van der Waals surface area contributed by atoms with Crippen LogP contribution in [0.4, 0.5) is 0 Å². The molecule has 0 radical (unpaired) electrons. The number of hydrogen-bond acceptors (Lipinski definition) is 2. The molecule has 0 aliphatic rings. The summed E-state index contributed by atoms with van der Waals surface area (Å²) in [7, 11) is 0. The smallest absolute Gasteiger partial charge is 0.164 e. The van der Waals surface area contributed by atoms with Crippen LogP contribution in [0.1, 0.15) is 22.3 Å². The third-order valence-electron chi connectivity index (χ3n) is 1.94. The first-order valence-electron chi connectivity index (χ1n) is 4.15. The topological polar surface area (TPSA) is 43.1 Å². The van der Waals surface area contributed by atoms with E-state index in [-0.39, 0.29) is 5.78 Å². The molecule has 13 heavy (non-hydrogen) atoms. The fourth-order valence-electron chi connectivity index (χ4n) is 1.18. The Morgan fingerprint density at radius 1 is 1.54 bits per heavy atom. The molecule has 0 spiro atoms. The van der Waals surface area contributed by atoms with Crippen LogP contribution in [0.2, 0.25) is 0 Å². The first-order chi connectivity index (χ1) is 6.16. The highest BCUT2D eigenvalue weighted by Gasteiger charge is 2.08. The van der Waals surface area contributed by atoms with E-state index >= 15 is 0 Å². The van der Waals surface area contributed by atoms with E-state index < -0.39 is 0 Å². The summed E-state index contributed by atoms with van der Waals surface area (Å²) in [4.78, 5) is 11.5. The van der Waals surface area contributed by atoms with E-state index in [2.05, 4.69) is 15.9 Å². The van der Waals surface area contributed by atoms with Crippen molar-refractivity contribution in [3.05, 3.63) is 33.8 Å². The maximum Gasteiger partial charge on any atom is 0.164 e. The summed E-state index contributed by atoms with van der Waals surface area (Å²) in [6, 6.07) is 5.62. The Bertz CT molecular complexity index is 323. The molecule has 0 saturated carbocycles. The van der Waals surface area contributed by atoms with Crippen LogP contribution in [0.15, 0.2) is 22.7 Å². The summed E-state index contributed by atoms with van der Waals surface area (Å²) >= 11 is 3.38. The number of benzene rings is 1. The molecule has 0 saturated heterocycles. The van der Waals surface area contributed by atoms with Crippen molar-refractivity contribution < 1.29 is 4.79 Å². The van der Waals surface area contributed by atoms with Gasteiger partial charge < -0.3 is 5.73 Å². The number of carbonyl (C=O) groups excluding carboxylic acids is 1. The largest absolute Gasteiger partial charge is 0.330 e. The number of carbonyl (C=O) groups is 1. The van der Waals surface area contributed by atoms with Crippen molar-refractivity contribution in [3.8, 4) is 0 Å². The highest BCUT2D eigenvalue weighted by molar-refractivity contribution is 9.10. The summed E-state index contributed by atoms with van der Waals surface area (Å²) in [5.41, 5.74) is 7.07. The molecule has 2 nitrogen and oxygen atoms in total. The minimum atomic E-state index is 0.112. The number of Topliss-reactive ketones (excluding diaryl/α,β-unsaturated/α-hetero) is 1. The molecule has 2 N–H and O–H groups in total. The van der Waals surface area contributed by atoms with Gasteiger partial charge in [0.15, 0.2) is 5.78 Å². The molecule has 0 bridgehead atoms. The molecule has 0 aromatic heterocycles. The minimum absolute atomic E-state index is 0.112. The Morgan fingerprint density at radius 2 is 2.23 bits per heavy atom. The molecule has 0 aliphatic carbocycles. The zero-order valence-electron chi connectivity index (χ0n) is 7.51. The van der Waals surface area contributed by atoms with Gasteiger partial charge in [-0.15, -0.1) is 0 Å². The number of ketones is 1. The lowest BCUT2D eigenvalue weighted by molar-refractivity contribution is 0.0985. The third kappa shape index (κ3) is 2.39. The van der Waals surface area contributed by atoms with E-state index in [1.807, 2.05) is 25.1 Å². The number of nitrogens with two attached hydrogens (primary N) is 1. The zero-order valence-corrected chi connectivity index (χ0v) is 9.10. The maximum atomic E-state index is 11.5. The molecule has 1 aromatic carbocycles. The second-order valence-electron chi connectivity index (χ2n) is 2.87. The van der Waals surface area contributed by atoms with Crippen LogP contribution in [0.3, 0.4) is 0 Å². The molecule has 0 unspecified atom stereocenters. The average Bonchev–Trinajstić information content (AvgIpc) is 2.10. The van der Waals surface area contributed by atoms with Gasteiger partial charge in [0.05, 0.1) is 0 Å². The molecular weight excluding hydrogens is 230 g/mol. The van der Waals surface area contributed by atoms with E-state index in [1.54, 1.807) is 0 Å². The highest BCUT2D eigenvalue weighted by Crippen LogP contribution is 2.20. The second kappa shape index (κ2) is 4.53. The Morgan fingerprint density at radius 3 is 2.85 bits per heavy atom. The van der Waals surface area contributed by atoms with Crippen molar-refractivity contribution in [1.82, 2.24) is 0 Å². The average molecular weight is 242 g/mol. The lowest BCUT2D eigenvalue weighted by Crippen LogP contribution is -2.09. The molecule has 3 heteroatoms. The minimum Gasteiger partial charge on any atom is -0.330 e. The van der Waals surface area contributed by atoms with Crippen molar-refractivity contribution in [1.29, 1.82) is 0 Å². The molecule has 0 amide bonds. The van der Waals surface area contributed by atoms with E-state index in [0.29, 0.717) is 13.0 Å². The predicted molar refractivity (Wildman–Crippen MR) is 56.9 cm³/mol. The summed E-state index contributed by atoms with van der Waals surface area (Å²) < 4.78 is 0.968. The van der Waals surface area contributed by atoms with Crippen LogP contribution in [0.5, 0.6) is 0 Å². The molecule has 70 valence electrons. The monoisotopic (exact) mass is 241 g/mol. The van der Waals surface area contributed by atoms with Crippen LogP contribution < -0.4 is 5.73 Å². The first kappa shape index (κ1) is 10.4. The maximum absolute atomic E-state index is 11.5. The van der Waals surface area contributed by atoms with Crippen molar-refractivity contribution in [2.75, 3.05) is 6.54 Å². The fourth-order valence-corrected chi connectivity index (χ4v) is 1.54. The Balaban J connectivity index is 3.01. The van der Waals surface area contributed by atoms with E-state index in [4.69, 9.17) is 5.73 Å². The van der Waals surface area contributed by atoms with Crippen molar-refractivity contribution in [3.63, 3.8) is 0 Å². The van der Waals surface area contributed by atoms with Gasteiger partial charge in [-0.1, -0.05) is 28.1 Å². The fraction of sp³-hybridized carbons (Fsp3) is 0.300. The van der Waals surface area contributed by atoms with Gasteiger partial charge in [0.1, 0.15) is 0 Å². The highest BCUT2D eigenvalue weighted by atomic mass is 79.9. The molecule has 1 rings (SSSR count). The molecule has 1 aromatic rings. The van der Waals surface area contributed by atoms with Gasteiger partial charge in [-0.3, -0.25) is 4.79 Å². The van der Waals surface area contributed by atoms with Gasteiger partial charge in [-0.25, -0.2) is 0 Å². The van der Waals surface area contributed by atoms with Crippen molar-refractivity contribution in [2.24, 2.45) is 5.73 Å². The van der Waals surface area contributed by atoms with Gasteiger partial charge in [0.2, 0.25) is 0 Å². The van der Waals surface area contributed by atoms with Crippen LogP contribution in [-0.2, 0) is 0 Å². The van der Waals surface area contributed by atoms with Crippen LogP contribution in [0, 0.1) is 6.92 Å². The van der Waals surface area contributed by atoms with Gasteiger partial charge >= 0.3 is 0 Å². The van der Waals surface area contributed by atoms with Gasteiger partial charge in [0.25, 0.3) is 0 Å². The van der Waals surface area contributed by atoms with E-state index in [0.717, 1.165) is 15.6 Å². The Hall–Kier alpha value is -0.670. The summed E-state index contributed by atoms with van der Waals surface area (Å²) in [5, 5.41) is 0. The third-order valence-corrected chi connectivity index (χ3v) is 2.80. The van der Waals surface area contributed by atoms with E-state index in [1.165, 1.54) is 0 Å². The number of hydrogen-bond donors (Lipinski definition) is 1. The molecule has 0 heterocycles. The Kier molecular flexibility index (Phi) is 3.63. The van der Waals surface area contributed by atoms with Gasteiger partial charge in [-0.05, 0) is 25.1 Å². The quantitative estimate of drug-likeness (QED) is 0.826. The predicted octanol–water partition coefficient (Wildman–Crippen LogP) is 2.29. The van der Waals surface area contributed by atoms with Crippen molar-refractivity contribution >= 4 is 21.7 Å². The lowest BCUT2D eigenvalue weighted by atomic mass is 10.0. The SMILES string of the molecule is Cc1c(Br)cccc1C(=O)CCN. The van der Waals surface area contributed by atoms with Gasteiger partial charge in [0, 0.05) is 16.5 Å². The molecule has 0 fully saturated rings. The lowest BCUT2D eigenvalue weighted by Gasteiger charge is -2.05. The molecule has 0 atom stereocenters. The van der Waals surface area contributed by atoms with Crippen LogP contribution in [-0.4, -0.2) is 12.3 Å². The summed E-state index contributed by atoms with van der Waals surface area (Å²) in [5.74, 6) is 0.112. The van der Waals surface area contributed by atoms with Gasteiger partial charge in [-0.2, -0.15) is 0 Å². The Labute approximate surface area is 86.3 Å². The normalized spacial score (nSPS) is 10.1. The summed E-state index contributed by atoms with van der Waals surface area (Å²) in [6.45, 7) is 2.33. The molecule has 0 aliphatic heterocycles. The molecular formula is C10H12BrNO. The standard InChI is InChI=1S/C10H12BrNO/c1-7-8(10(13)5-6-12)3-2-4-9(7)11/h2-4H,5-6,12H2,1H3. The second-order valence-corrected chi connectivity index (χ2v) is 3.73. The first-order valence-corrected chi connectivity index (χ1v) is 4.94. The summed E-state index contributed by atoms with van der Waals surface area (Å²) in [6.07, 6.45) is 0.414. The van der Waals surface area contributed by atoms with Crippen molar-refractivity contribution in [2.45, 2.75) is 13.3 Å². The van der Waals surface area contributed by atoms with E-state index in [9.17, 15) is 4.79 Å². The van der Waals surface area contributed by atoms with Crippen LogP contribution in [0.25, 0.3) is 0 Å². The number of halogens is 1. The van der Waals surface area contributed by atoms with Crippen LogP contribution >= 0.6 is 15.9 Å². The number of rotatable bonds is 3. The zero-order chi connectivity index (χ0) is 9.84.